The summed E-state index contributed by atoms with van der Waals surface area (Å²) in [4.78, 5) is 26.4. The van der Waals surface area contributed by atoms with Crippen LogP contribution in [0.2, 0.25) is 0 Å². The van der Waals surface area contributed by atoms with Crippen LogP contribution in [0.1, 0.15) is 15.9 Å². The van der Waals surface area contributed by atoms with Gasteiger partial charge in [0.1, 0.15) is 5.71 Å². The second-order valence-electron chi connectivity index (χ2n) is 7.45. The number of aromatic amines is 1. The summed E-state index contributed by atoms with van der Waals surface area (Å²) in [7, 11) is 0. The van der Waals surface area contributed by atoms with Gasteiger partial charge in [0, 0.05) is 32.8 Å². The van der Waals surface area contributed by atoms with Gasteiger partial charge in [-0.05, 0) is 24.3 Å². The minimum absolute atomic E-state index is 0.0416. The molecule has 3 aromatic carbocycles. The fraction of sp³-hybridized carbons (Fsp3) is 0. The third-order valence-corrected chi connectivity index (χ3v) is 5.92. The Morgan fingerprint density at radius 1 is 0.655 bits per heavy atom. The fourth-order valence-electron chi connectivity index (χ4n) is 4.69. The van der Waals surface area contributed by atoms with E-state index in [4.69, 9.17) is 9.98 Å². The third kappa shape index (κ3) is 1.76. The Bertz CT molecular complexity index is 1620. The summed E-state index contributed by atoms with van der Waals surface area (Å²) in [5.74, 6) is -0.0416. The molecule has 1 N–H and O–H groups in total. The summed E-state index contributed by atoms with van der Waals surface area (Å²) < 4.78 is 0. The number of Topliss-reactive ketones (excluding diaryl/α,β-unsaturated/α-hetero) is 1. The summed E-state index contributed by atoms with van der Waals surface area (Å²) >= 11 is 0. The lowest BCUT2D eigenvalue weighted by Gasteiger charge is -2.04. The van der Waals surface area contributed by atoms with Gasteiger partial charge < -0.3 is 4.98 Å². The normalized spacial score (nSPS) is 15.9. The van der Waals surface area contributed by atoms with E-state index < -0.39 is 0 Å². The smallest absolute Gasteiger partial charge is 0.214 e. The van der Waals surface area contributed by atoms with Gasteiger partial charge >= 0.3 is 0 Å². The second-order valence-corrected chi connectivity index (χ2v) is 7.45. The molecule has 0 fully saturated rings. The number of benzene rings is 3. The van der Waals surface area contributed by atoms with Crippen molar-refractivity contribution >= 4 is 50.6 Å². The minimum atomic E-state index is -0.0416. The van der Waals surface area contributed by atoms with Crippen LogP contribution in [-0.2, 0) is 0 Å². The highest BCUT2D eigenvalue weighted by Crippen LogP contribution is 2.39. The third-order valence-electron chi connectivity index (χ3n) is 5.92. The number of aliphatic imine (C=N–C) groups is 2. The van der Waals surface area contributed by atoms with Gasteiger partial charge in [-0.3, -0.25) is 4.79 Å². The fourth-order valence-corrected chi connectivity index (χ4v) is 4.69. The molecule has 0 saturated carbocycles. The van der Waals surface area contributed by atoms with Gasteiger partial charge in [-0.15, -0.1) is 0 Å². The van der Waals surface area contributed by atoms with Crippen LogP contribution in [0.5, 0.6) is 0 Å². The van der Waals surface area contributed by atoms with Crippen LogP contribution in [0.3, 0.4) is 0 Å². The molecule has 0 atom stereocenters. The number of H-pyrrole nitrogens is 1. The van der Waals surface area contributed by atoms with Crippen LogP contribution in [0, 0.1) is 0 Å². The molecule has 0 saturated heterocycles. The number of hydrogen-bond acceptors (Lipinski definition) is 3. The first-order chi connectivity index (χ1) is 14.3. The molecule has 134 valence electrons. The molecular weight excluding hydrogens is 358 g/mol. The Morgan fingerprint density at radius 3 is 2.14 bits per heavy atom. The molecule has 0 bridgehead atoms. The van der Waals surface area contributed by atoms with Crippen molar-refractivity contribution in [1.82, 2.24) is 4.98 Å². The molecule has 1 aromatic heterocycles. The van der Waals surface area contributed by atoms with Crippen LogP contribution in [0.4, 0.5) is 11.4 Å². The molecule has 4 aromatic rings. The van der Waals surface area contributed by atoms with Crippen LogP contribution in [-0.4, -0.2) is 22.2 Å². The highest BCUT2D eigenvalue weighted by molar-refractivity contribution is 6.74. The van der Waals surface area contributed by atoms with Crippen LogP contribution >= 0.6 is 0 Å². The molecule has 0 unspecified atom stereocenters. The molecule has 0 radical (unpaired) electrons. The van der Waals surface area contributed by atoms with Crippen molar-refractivity contribution < 1.29 is 4.79 Å². The van der Waals surface area contributed by atoms with Crippen LogP contribution < -0.4 is 10.6 Å². The van der Waals surface area contributed by atoms with Crippen molar-refractivity contribution in [3.05, 3.63) is 94.5 Å². The first kappa shape index (κ1) is 14.9. The van der Waals surface area contributed by atoms with Crippen molar-refractivity contribution in [2.24, 2.45) is 9.98 Å². The molecule has 4 nitrogen and oxygen atoms in total. The van der Waals surface area contributed by atoms with E-state index >= 15 is 0 Å². The monoisotopic (exact) mass is 371 g/mol. The molecule has 7 rings (SSSR count). The van der Waals surface area contributed by atoms with Crippen molar-refractivity contribution in [2.45, 2.75) is 0 Å². The van der Waals surface area contributed by atoms with Gasteiger partial charge in [-0.1, -0.05) is 48.5 Å². The Labute approximate surface area is 165 Å². The maximum Gasteiger partial charge on any atom is 0.214 e. The van der Waals surface area contributed by atoms with Gasteiger partial charge in [0.2, 0.25) is 5.78 Å². The number of carbonyl (C=O) groups is 1. The topological polar surface area (TPSA) is 57.6 Å². The summed E-state index contributed by atoms with van der Waals surface area (Å²) in [6.07, 6.45) is 0. The molecular formula is C25H13N3O. The largest absolute Gasteiger partial charge is 0.354 e. The zero-order valence-corrected chi connectivity index (χ0v) is 15.2. The van der Waals surface area contributed by atoms with E-state index in [1.165, 1.54) is 0 Å². The number of para-hydroxylation sites is 3. The predicted molar refractivity (Wildman–Crippen MR) is 115 cm³/mol. The van der Waals surface area contributed by atoms with Crippen molar-refractivity contribution in [3.63, 3.8) is 0 Å². The molecule has 4 heteroatoms. The van der Waals surface area contributed by atoms with Gasteiger partial charge in [0.25, 0.3) is 0 Å². The molecule has 29 heavy (non-hydrogen) atoms. The maximum absolute atomic E-state index is 13.2. The molecule has 2 aliphatic heterocycles. The quantitative estimate of drug-likeness (QED) is 0.546. The van der Waals surface area contributed by atoms with Crippen molar-refractivity contribution in [3.8, 4) is 0 Å². The van der Waals surface area contributed by atoms with Crippen molar-refractivity contribution in [2.75, 3.05) is 0 Å². The first-order valence-electron chi connectivity index (χ1n) is 9.58. The first-order valence-corrected chi connectivity index (χ1v) is 9.58. The lowest BCUT2D eigenvalue weighted by atomic mass is 9.96. The summed E-state index contributed by atoms with van der Waals surface area (Å²) in [5.41, 5.74) is 7.69. The van der Waals surface area contributed by atoms with E-state index in [0.717, 1.165) is 55.3 Å². The van der Waals surface area contributed by atoms with E-state index in [1.807, 2.05) is 54.6 Å². The Balaban J connectivity index is 1.64. The zero-order chi connectivity index (χ0) is 19.1. The van der Waals surface area contributed by atoms with E-state index in [9.17, 15) is 4.79 Å². The Hall–Kier alpha value is -4.05. The number of rotatable bonds is 1. The Morgan fingerprint density at radius 2 is 1.31 bits per heavy atom. The number of fused-ring (bicyclic) bond motifs is 7. The van der Waals surface area contributed by atoms with Gasteiger partial charge in [0.05, 0.1) is 28.0 Å². The molecule has 3 aliphatic rings. The molecule has 3 heterocycles. The van der Waals surface area contributed by atoms with Gasteiger partial charge in [0.15, 0.2) is 0 Å². The average molecular weight is 371 g/mol. The number of nitrogens with one attached hydrogen (secondary N) is 1. The second kappa shape index (κ2) is 5.06. The standard InChI is InChI=1S/C25H13N3O/c29-25-15-9-3-6-12-18(15)28-24(25)21-22-19(13-7-1-4-10-16(13)26-22)20-14-8-2-5-11-17(14)27-23(20)21/h1-12,26H. The summed E-state index contributed by atoms with van der Waals surface area (Å²) in [5, 5.41) is 3.19. The number of carbonyl (C=O) groups excluding carboxylic acids is 1. The summed E-state index contributed by atoms with van der Waals surface area (Å²) in [6.45, 7) is 0. The van der Waals surface area contributed by atoms with E-state index in [0.29, 0.717) is 11.3 Å². The molecule has 0 spiro atoms. The van der Waals surface area contributed by atoms with Crippen LogP contribution in [0.25, 0.3) is 22.0 Å². The number of nitrogens with zero attached hydrogens (tertiary/aromatic N) is 2. The minimum Gasteiger partial charge on any atom is -0.354 e. The zero-order valence-electron chi connectivity index (χ0n) is 15.2. The van der Waals surface area contributed by atoms with E-state index in [1.54, 1.807) is 0 Å². The van der Waals surface area contributed by atoms with Gasteiger partial charge in [-0.25, -0.2) is 9.98 Å². The number of ketones is 1. The van der Waals surface area contributed by atoms with E-state index in [-0.39, 0.29) is 5.78 Å². The summed E-state index contributed by atoms with van der Waals surface area (Å²) in [6, 6.07) is 23.9. The van der Waals surface area contributed by atoms with E-state index in [2.05, 4.69) is 23.2 Å². The Kier molecular flexibility index (Phi) is 2.60. The number of aromatic nitrogens is 1. The lowest BCUT2D eigenvalue weighted by Crippen LogP contribution is -2.27. The SMILES string of the molecule is O=C1C(C2=c3[nH]c4ccccc4c3=C3C2=Nc2ccccc23)=Nc2ccccc21. The number of hydrogen-bond donors (Lipinski definition) is 1. The predicted octanol–water partition coefficient (Wildman–Crippen LogP) is 3.59. The maximum atomic E-state index is 13.2. The average Bonchev–Trinajstić information content (AvgIpc) is 3.46. The lowest BCUT2D eigenvalue weighted by molar-refractivity contribution is 0.107. The molecule has 1 aliphatic carbocycles. The highest BCUT2D eigenvalue weighted by Gasteiger charge is 2.38. The van der Waals surface area contributed by atoms with Crippen molar-refractivity contribution in [1.29, 1.82) is 0 Å². The van der Waals surface area contributed by atoms with Gasteiger partial charge in [-0.2, -0.15) is 0 Å². The van der Waals surface area contributed by atoms with Crippen LogP contribution in [0.15, 0.2) is 82.8 Å². The molecule has 0 amide bonds. The highest BCUT2D eigenvalue weighted by atomic mass is 16.1.